The van der Waals surface area contributed by atoms with Gasteiger partial charge in [0.05, 0.1) is 12.1 Å². The fraction of sp³-hybridized carbons (Fsp3) is 0.500. The molecule has 0 spiro atoms. The summed E-state index contributed by atoms with van der Waals surface area (Å²) < 4.78 is 0. The van der Waals surface area contributed by atoms with Crippen molar-refractivity contribution in [3.63, 3.8) is 0 Å². The molecule has 0 unspecified atom stereocenters. The first-order chi connectivity index (χ1) is 10.0. The maximum absolute atomic E-state index is 12.0. The molecule has 5 heteroatoms. The number of nitrogens with one attached hydrogen (secondary N) is 2. The van der Waals surface area contributed by atoms with Gasteiger partial charge in [-0.05, 0) is 31.9 Å². The standard InChI is InChI=1S/C16H22N2O3/c1-12-5-7-13(8-6-12)17-14(20)15(21)18-16(11-19)9-3-2-4-10-16/h5-8,19H,2-4,9-11H2,1H3,(H,17,20)(H,18,21). The molecular formula is C16H22N2O3. The predicted octanol–water partition coefficient (Wildman–Crippen LogP) is 1.74. The molecule has 0 aliphatic heterocycles. The number of hydrogen-bond donors (Lipinski definition) is 3. The first-order valence-corrected chi connectivity index (χ1v) is 7.36. The Labute approximate surface area is 124 Å². The molecule has 5 nitrogen and oxygen atoms in total. The van der Waals surface area contributed by atoms with Crippen LogP contribution in [0.4, 0.5) is 5.69 Å². The summed E-state index contributed by atoms with van der Waals surface area (Å²) in [5.74, 6) is -1.39. The quantitative estimate of drug-likeness (QED) is 0.742. The molecule has 0 heterocycles. The maximum Gasteiger partial charge on any atom is 0.313 e. The molecule has 1 aromatic rings. The normalized spacial score (nSPS) is 17.0. The van der Waals surface area contributed by atoms with Gasteiger partial charge in [-0.25, -0.2) is 0 Å². The lowest BCUT2D eigenvalue weighted by molar-refractivity contribution is -0.138. The van der Waals surface area contributed by atoms with Crippen LogP contribution in [0.2, 0.25) is 0 Å². The lowest BCUT2D eigenvalue weighted by Crippen LogP contribution is -2.55. The van der Waals surface area contributed by atoms with Crippen LogP contribution >= 0.6 is 0 Å². The number of aliphatic hydroxyl groups is 1. The lowest BCUT2D eigenvalue weighted by Gasteiger charge is -2.36. The molecular weight excluding hydrogens is 268 g/mol. The molecule has 0 saturated heterocycles. The fourth-order valence-corrected chi connectivity index (χ4v) is 2.67. The SMILES string of the molecule is Cc1ccc(NC(=O)C(=O)NC2(CO)CCCCC2)cc1. The molecule has 1 fully saturated rings. The van der Waals surface area contributed by atoms with E-state index in [4.69, 9.17) is 0 Å². The van der Waals surface area contributed by atoms with Crippen LogP contribution in [0.3, 0.4) is 0 Å². The zero-order valence-electron chi connectivity index (χ0n) is 12.3. The Morgan fingerprint density at radius 3 is 2.29 bits per heavy atom. The van der Waals surface area contributed by atoms with Gasteiger partial charge in [-0.1, -0.05) is 37.0 Å². The van der Waals surface area contributed by atoms with E-state index in [1.165, 1.54) is 0 Å². The molecule has 114 valence electrons. The Kier molecular flexibility index (Phi) is 4.96. The average Bonchev–Trinajstić information content (AvgIpc) is 2.50. The first kappa shape index (κ1) is 15.5. The highest BCUT2D eigenvalue weighted by Crippen LogP contribution is 2.27. The van der Waals surface area contributed by atoms with Crippen LogP contribution in [0.15, 0.2) is 24.3 Å². The molecule has 1 aliphatic carbocycles. The number of hydrogen-bond acceptors (Lipinski definition) is 3. The molecule has 2 rings (SSSR count). The summed E-state index contributed by atoms with van der Waals surface area (Å²) in [6.07, 6.45) is 4.45. The topological polar surface area (TPSA) is 78.4 Å². The second kappa shape index (κ2) is 6.72. The highest BCUT2D eigenvalue weighted by molar-refractivity contribution is 6.39. The van der Waals surface area contributed by atoms with Crippen molar-refractivity contribution < 1.29 is 14.7 Å². The zero-order chi connectivity index (χ0) is 15.3. The van der Waals surface area contributed by atoms with E-state index < -0.39 is 17.4 Å². The molecule has 21 heavy (non-hydrogen) atoms. The lowest BCUT2D eigenvalue weighted by atomic mass is 9.82. The van der Waals surface area contributed by atoms with Crippen LogP contribution < -0.4 is 10.6 Å². The van der Waals surface area contributed by atoms with E-state index in [-0.39, 0.29) is 6.61 Å². The van der Waals surface area contributed by atoms with Crippen molar-refractivity contribution in [1.29, 1.82) is 0 Å². The predicted molar refractivity (Wildman–Crippen MR) is 80.9 cm³/mol. The number of rotatable bonds is 3. The Balaban J connectivity index is 1.95. The monoisotopic (exact) mass is 290 g/mol. The summed E-state index contributed by atoms with van der Waals surface area (Å²) in [7, 11) is 0. The maximum atomic E-state index is 12.0. The molecule has 0 bridgehead atoms. The van der Waals surface area contributed by atoms with Crippen LogP contribution in [0.5, 0.6) is 0 Å². The summed E-state index contributed by atoms with van der Waals surface area (Å²) >= 11 is 0. The number of carbonyl (C=O) groups is 2. The summed E-state index contributed by atoms with van der Waals surface area (Å²) in [4.78, 5) is 23.9. The molecule has 1 saturated carbocycles. The highest BCUT2D eigenvalue weighted by atomic mass is 16.3. The van der Waals surface area contributed by atoms with Gasteiger partial charge in [-0.15, -0.1) is 0 Å². The largest absolute Gasteiger partial charge is 0.394 e. The molecule has 0 aromatic heterocycles. The Hall–Kier alpha value is -1.88. The summed E-state index contributed by atoms with van der Waals surface area (Å²) in [6.45, 7) is 1.82. The summed E-state index contributed by atoms with van der Waals surface area (Å²) in [5, 5.41) is 14.8. The molecule has 1 aromatic carbocycles. The van der Waals surface area contributed by atoms with Crippen molar-refractivity contribution in [1.82, 2.24) is 5.32 Å². The first-order valence-electron chi connectivity index (χ1n) is 7.36. The van der Waals surface area contributed by atoms with E-state index in [0.717, 1.165) is 24.8 Å². The minimum absolute atomic E-state index is 0.128. The molecule has 2 amide bonds. The van der Waals surface area contributed by atoms with Gasteiger partial charge >= 0.3 is 11.8 Å². The van der Waals surface area contributed by atoms with Crippen molar-refractivity contribution in [3.05, 3.63) is 29.8 Å². The van der Waals surface area contributed by atoms with E-state index >= 15 is 0 Å². The van der Waals surface area contributed by atoms with E-state index in [1.807, 2.05) is 19.1 Å². The third kappa shape index (κ3) is 4.04. The van der Waals surface area contributed by atoms with Gasteiger partial charge in [-0.2, -0.15) is 0 Å². The number of carbonyl (C=O) groups excluding carboxylic acids is 2. The smallest absolute Gasteiger partial charge is 0.313 e. The van der Waals surface area contributed by atoms with Crippen LogP contribution in [-0.2, 0) is 9.59 Å². The Morgan fingerprint density at radius 2 is 1.71 bits per heavy atom. The van der Waals surface area contributed by atoms with Crippen LogP contribution in [0.1, 0.15) is 37.7 Å². The van der Waals surface area contributed by atoms with E-state index in [2.05, 4.69) is 10.6 Å². The Morgan fingerprint density at radius 1 is 1.10 bits per heavy atom. The fourth-order valence-electron chi connectivity index (χ4n) is 2.67. The van der Waals surface area contributed by atoms with Gasteiger partial charge in [0.1, 0.15) is 0 Å². The van der Waals surface area contributed by atoms with Gasteiger partial charge in [0, 0.05) is 5.69 Å². The van der Waals surface area contributed by atoms with Crippen molar-refractivity contribution >= 4 is 17.5 Å². The number of amides is 2. The minimum Gasteiger partial charge on any atom is -0.394 e. The van der Waals surface area contributed by atoms with Gasteiger partial charge in [0.2, 0.25) is 0 Å². The number of benzene rings is 1. The number of aliphatic hydroxyl groups excluding tert-OH is 1. The Bertz CT molecular complexity index is 505. The van der Waals surface area contributed by atoms with Crippen LogP contribution in [-0.4, -0.2) is 29.1 Å². The van der Waals surface area contributed by atoms with Crippen LogP contribution in [0, 0.1) is 6.92 Å². The number of anilines is 1. The van der Waals surface area contributed by atoms with Crippen molar-refractivity contribution in [3.8, 4) is 0 Å². The van der Waals surface area contributed by atoms with E-state index in [0.29, 0.717) is 18.5 Å². The second-order valence-corrected chi connectivity index (χ2v) is 5.77. The summed E-state index contributed by atoms with van der Waals surface area (Å²) in [6, 6.07) is 7.24. The molecule has 0 atom stereocenters. The van der Waals surface area contributed by atoms with Crippen molar-refractivity contribution in [2.75, 3.05) is 11.9 Å². The van der Waals surface area contributed by atoms with Gasteiger partial charge in [0.15, 0.2) is 0 Å². The third-order valence-electron chi connectivity index (χ3n) is 4.01. The summed E-state index contributed by atoms with van der Waals surface area (Å²) in [5.41, 5.74) is 1.03. The third-order valence-corrected chi connectivity index (χ3v) is 4.01. The number of aryl methyl sites for hydroxylation is 1. The molecule has 3 N–H and O–H groups in total. The van der Waals surface area contributed by atoms with Crippen LogP contribution in [0.25, 0.3) is 0 Å². The second-order valence-electron chi connectivity index (χ2n) is 5.77. The zero-order valence-corrected chi connectivity index (χ0v) is 12.3. The molecule has 0 radical (unpaired) electrons. The highest BCUT2D eigenvalue weighted by Gasteiger charge is 2.34. The van der Waals surface area contributed by atoms with Crippen molar-refractivity contribution in [2.45, 2.75) is 44.6 Å². The minimum atomic E-state index is -0.697. The average molecular weight is 290 g/mol. The van der Waals surface area contributed by atoms with Gasteiger partial charge in [-0.3, -0.25) is 9.59 Å². The molecule has 1 aliphatic rings. The van der Waals surface area contributed by atoms with E-state index in [1.54, 1.807) is 12.1 Å². The van der Waals surface area contributed by atoms with E-state index in [9.17, 15) is 14.7 Å². The van der Waals surface area contributed by atoms with Gasteiger partial charge < -0.3 is 15.7 Å². The van der Waals surface area contributed by atoms with Crippen molar-refractivity contribution in [2.24, 2.45) is 0 Å². The van der Waals surface area contributed by atoms with Gasteiger partial charge in [0.25, 0.3) is 0 Å².